The van der Waals surface area contributed by atoms with E-state index < -0.39 is 0 Å². The first-order valence-corrected chi connectivity index (χ1v) is 5.79. The molecule has 1 aromatic carbocycles. The highest BCUT2D eigenvalue weighted by Crippen LogP contribution is 2.35. The van der Waals surface area contributed by atoms with Crippen molar-refractivity contribution in [1.82, 2.24) is 0 Å². The molecule has 1 aliphatic heterocycles. The molecule has 0 saturated carbocycles. The van der Waals surface area contributed by atoms with Crippen LogP contribution < -0.4 is 15.2 Å². The summed E-state index contributed by atoms with van der Waals surface area (Å²) in [5.41, 5.74) is 7.19. The van der Waals surface area contributed by atoms with Crippen molar-refractivity contribution in [3.8, 4) is 11.5 Å². The summed E-state index contributed by atoms with van der Waals surface area (Å²) in [5, 5.41) is 0. The van der Waals surface area contributed by atoms with Crippen LogP contribution in [0.3, 0.4) is 0 Å². The van der Waals surface area contributed by atoms with Gasteiger partial charge in [0, 0.05) is 18.8 Å². The standard InChI is InChI=1S/C13H19NO3/c1-15-11-4-3-10(9-12(11)16-2)13(14)5-7-17-8-6-13/h3-4,9H,5-8,14H2,1-2H3. The van der Waals surface area contributed by atoms with Crippen LogP contribution in [-0.4, -0.2) is 27.4 Å². The van der Waals surface area contributed by atoms with Crippen molar-refractivity contribution < 1.29 is 14.2 Å². The number of methoxy groups -OCH3 is 2. The van der Waals surface area contributed by atoms with Crippen molar-refractivity contribution in [2.45, 2.75) is 18.4 Å². The molecule has 0 unspecified atom stereocenters. The number of rotatable bonds is 3. The van der Waals surface area contributed by atoms with Gasteiger partial charge in [-0.15, -0.1) is 0 Å². The Bertz CT molecular complexity index is 386. The van der Waals surface area contributed by atoms with Crippen LogP contribution in [0.1, 0.15) is 18.4 Å². The fourth-order valence-corrected chi connectivity index (χ4v) is 2.17. The molecule has 0 aliphatic carbocycles. The van der Waals surface area contributed by atoms with Gasteiger partial charge in [0.1, 0.15) is 0 Å². The first kappa shape index (κ1) is 12.2. The third-order valence-corrected chi connectivity index (χ3v) is 3.34. The molecule has 0 aromatic heterocycles. The minimum absolute atomic E-state index is 0.308. The zero-order chi connectivity index (χ0) is 12.3. The maximum absolute atomic E-state index is 6.42. The quantitative estimate of drug-likeness (QED) is 0.868. The molecule has 0 spiro atoms. The molecule has 4 nitrogen and oxygen atoms in total. The van der Waals surface area contributed by atoms with Crippen LogP contribution in [0.5, 0.6) is 11.5 Å². The molecule has 2 N–H and O–H groups in total. The van der Waals surface area contributed by atoms with Gasteiger partial charge in [-0.2, -0.15) is 0 Å². The lowest BCUT2D eigenvalue weighted by Gasteiger charge is -2.34. The predicted molar refractivity (Wildman–Crippen MR) is 65.5 cm³/mol. The van der Waals surface area contributed by atoms with Crippen molar-refractivity contribution in [3.05, 3.63) is 23.8 Å². The summed E-state index contributed by atoms with van der Waals surface area (Å²) in [4.78, 5) is 0. The Morgan fingerprint density at radius 2 is 1.76 bits per heavy atom. The predicted octanol–water partition coefficient (Wildman–Crippen LogP) is 1.67. The molecule has 4 heteroatoms. The fourth-order valence-electron chi connectivity index (χ4n) is 2.17. The van der Waals surface area contributed by atoms with Gasteiger partial charge in [-0.25, -0.2) is 0 Å². The molecule has 1 aromatic rings. The number of benzene rings is 1. The summed E-state index contributed by atoms with van der Waals surface area (Å²) in [7, 11) is 3.26. The van der Waals surface area contributed by atoms with Crippen LogP contribution in [0, 0.1) is 0 Å². The first-order chi connectivity index (χ1) is 8.19. The van der Waals surface area contributed by atoms with E-state index in [1.807, 2.05) is 18.2 Å². The lowest BCUT2D eigenvalue weighted by Crippen LogP contribution is -2.42. The van der Waals surface area contributed by atoms with E-state index in [4.69, 9.17) is 19.9 Å². The third-order valence-electron chi connectivity index (χ3n) is 3.34. The highest BCUT2D eigenvalue weighted by molar-refractivity contribution is 5.45. The van der Waals surface area contributed by atoms with Crippen LogP contribution in [0.15, 0.2) is 18.2 Å². The Balaban J connectivity index is 2.32. The molecule has 0 atom stereocenters. The highest BCUT2D eigenvalue weighted by Gasteiger charge is 2.30. The Kier molecular flexibility index (Phi) is 3.54. The molecule has 2 rings (SSSR count). The van der Waals surface area contributed by atoms with Gasteiger partial charge in [-0.1, -0.05) is 6.07 Å². The molecule has 17 heavy (non-hydrogen) atoms. The molecular formula is C13H19NO3. The van der Waals surface area contributed by atoms with Gasteiger partial charge in [-0.3, -0.25) is 0 Å². The Morgan fingerprint density at radius 3 is 2.35 bits per heavy atom. The summed E-state index contributed by atoms with van der Waals surface area (Å²) in [6.45, 7) is 1.43. The Morgan fingerprint density at radius 1 is 1.12 bits per heavy atom. The maximum atomic E-state index is 6.42. The van der Waals surface area contributed by atoms with Gasteiger partial charge in [0.2, 0.25) is 0 Å². The van der Waals surface area contributed by atoms with E-state index in [-0.39, 0.29) is 5.54 Å². The second-order valence-electron chi connectivity index (χ2n) is 4.34. The molecule has 0 amide bonds. The number of hydrogen-bond acceptors (Lipinski definition) is 4. The van der Waals surface area contributed by atoms with Gasteiger partial charge in [0.15, 0.2) is 11.5 Å². The second kappa shape index (κ2) is 4.94. The van der Waals surface area contributed by atoms with Crippen molar-refractivity contribution in [2.75, 3.05) is 27.4 Å². The summed E-state index contributed by atoms with van der Waals surface area (Å²) in [6.07, 6.45) is 1.67. The van der Waals surface area contributed by atoms with Gasteiger partial charge in [0.25, 0.3) is 0 Å². The summed E-state index contributed by atoms with van der Waals surface area (Å²) in [6, 6.07) is 5.87. The molecule has 1 fully saturated rings. The van der Waals surface area contributed by atoms with E-state index >= 15 is 0 Å². The molecule has 1 aliphatic rings. The Labute approximate surface area is 102 Å². The SMILES string of the molecule is COc1ccc(C2(N)CCOCC2)cc1OC. The minimum Gasteiger partial charge on any atom is -0.493 e. The zero-order valence-corrected chi connectivity index (χ0v) is 10.4. The summed E-state index contributed by atoms with van der Waals surface area (Å²) in [5.74, 6) is 1.45. The molecule has 0 bridgehead atoms. The van der Waals surface area contributed by atoms with E-state index in [2.05, 4.69) is 0 Å². The smallest absolute Gasteiger partial charge is 0.161 e. The number of ether oxygens (including phenoxy) is 3. The molecular weight excluding hydrogens is 218 g/mol. The third kappa shape index (κ3) is 2.37. The van der Waals surface area contributed by atoms with E-state index in [9.17, 15) is 0 Å². The fraction of sp³-hybridized carbons (Fsp3) is 0.538. The van der Waals surface area contributed by atoms with Crippen LogP contribution in [0.4, 0.5) is 0 Å². The van der Waals surface area contributed by atoms with Gasteiger partial charge >= 0.3 is 0 Å². The highest BCUT2D eigenvalue weighted by atomic mass is 16.5. The van der Waals surface area contributed by atoms with Crippen molar-refractivity contribution in [3.63, 3.8) is 0 Å². The molecule has 1 saturated heterocycles. The van der Waals surface area contributed by atoms with Crippen LogP contribution in [0.25, 0.3) is 0 Å². The van der Waals surface area contributed by atoms with E-state index in [1.165, 1.54) is 0 Å². The number of nitrogens with two attached hydrogens (primary N) is 1. The van der Waals surface area contributed by atoms with Gasteiger partial charge < -0.3 is 19.9 Å². The van der Waals surface area contributed by atoms with Crippen LogP contribution in [0.2, 0.25) is 0 Å². The second-order valence-corrected chi connectivity index (χ2v) is 4.34. The van der Waals surface area contributed by atoms with E-state index in [1.54, 1.807) is 14.2 Å². The minimum atomic E-state index is -0.308. The van der Waals surface area contributed by atoms with Gasteiger partial charge in [0.05, 0.1) is 14.2 Å². The van der Waals surface area contributed by atoms with Crippen molar-refractivity contribution in [2.24, 2.45) is 5.73 Å². The average Bonchev–Trinajstić information content (AvgIpc) is 2.38. The molecule has 0 radical (unpaired) electrons. The first-order valence-electron chi connectivity index (χ1n) is 5.79. The number of hydrogen-bond donors (Lipinski definition) is 1. The van der Waals surface area contributed by atoms with Crippen LogP contribution in [-0.2, 0) is 10.3 Å². The van der Waals surface area contributed by atoms with Crippen molar-refractivity contribution >= 4 is 0 Å². The topological polar surface area (TPSA) is 53.7 Å². The largest absolute Gasteiger partial charge is 0.493 e. The van der Waals surface area contributed by atoms with E-state index in [0.717, 1.165) is 29.9 Å². The molecule has 94 valence electrons. The van der Waals surface area contributed by atoms with E-state index in [0.29, 0.717) is 13.2 Å². The van der Waals surface area contributed by atoms with Crippen LogP contribution >= 0.6 is 0 Å². The van der Waals surface area contributed by atoms with Gasteiger partial charge in [-0.05, 0) is 30.5 Å². The normalized spacial score (nSPS) is 18.8. The Hall–Kier alpha value is -1.26. The monoisotopic (exact) mass is 237 g/mol. The summed E-state index contributed by atoms with van der Waals surface area (Å²) >= 11 is 0. The summed E-state index contributed by atoms with van der Waals surface area (Å²) < 4.78 is 15.9. The van der Waals surface area contributed by atoms with Crippen molar-refractivity contribution in [1.29, 1.82) is 0 Å². The lowest BCUT2D eigenvalue weighted by atomic mass is 9.84. The molecule has 1 heterocycles. The zero-order valence-electron chi connectivity index (χ0n) is 10.4. The lowest BCUT2D eigenvalue weighted by molar-refractivity contribution is 0.0521. The average molecular weight is 237 g/mol. The maximum Gasteiger partial charge on any atom is 0.161 e.